The molecule has 0 saturated heterocycles. The molecule has 0 heterocycles. The first-order valence-electron chi connectivity index (χ1n) is 7.07. The first-order valence-corrected chi connectivity index (χ1v) is 7.44. The molecular formula is C17H19ClFNO. The molecule has 21 heavy (non-hydrogen) atoms. The van der Waals surface area contributed by atoms with E-state index in [1.54, 1.807) is 24.3 Å². The summed E-state index contributed by atoms with van der Waals surface area (Å²) in [6.45, 7) is 5.16. The Balaban J connectivity index is 2.14. The second-order valence-electron chi connectivity index (χ2n) is 4.90. The highest BCUT2D eigenvalue weighted by Crippen LogP contribution is 2.32. The van der Waals surface area contributed by atoms with E-state index in [1.807, 2.05) is 12.1 Å². The third-order valence-electron chi connectivity index (χ3n) is 3.21. The van der Waals surface area contributed by atoms with Crippen LogP contribution >= 0.6 is 11.6 Å². The van der Waals surface area contributed by atoms with Crippen molar-refractivity contribution in [3.05, 3.63) is 58.9 Å². The minimum Gasteiger partial charge on any atom is -0.453 e. The maximum Gasteiger partial charge on any atom is 0.165 e. The van der Waals surface area contributed by atoms with Crippen LogP contribution in [0.1, 0.15) is 31.9 Å². The van der Waals surface area contributed by atoms with E-state index < -0.39 is 5.82 Å². The van der Waals surface area contributed by atoms with Crippen LogP contribution in [0.3, 0.4) is 0 Å². The predicted octanol–water partition coefficient (Wildman–Crippen LogP) is 5.33. The zero-order chi connectivity index (χ0) is 15.2. The van der Waals surface area contributed by atoms with Crippen LogP contribution in [0.15, 0.2) is 42.5 Å². The molecule has 1 atom stereocenters. The van der Waals surface area contributed by atoms with Gasteiger partial charge in [-0.15, -0.1) is 0 Å². The molecule has 0 fully saturated rings. The summed E-state index contributed by atoms with van der Waals surface area (Å²) in [5.41, 5.74) is 1.08. The molecule has 0 aliphatic heterocycles. The van der Waals surface area contributed by atoms with E-state index in [4.69, 9.17) is 16.3 Å². The topological polar surface area (TPSA) is 21.3 Å². The molecule has 0 bridgehead atoms. The number of hydrogen-bond donors (Lipinski definition) is 1. The molecule has 0 spiro atoms. The van der Waals surface area contributed by atoms with Crippen molar-refractivity contribution in [2.45, 2.75) is 26.3 Å². The maximum atomic E-state index is 13.6. The summed E-state index contributed by atoms with van der Waals surface area (Å²) in [5.74, 6) is 0.216. The van der Waals surface area contributed by atoms with Crippen molar-refractivity contribution in [2.75, 3.05) is 6.54 Å². The lowest BCUT2D eigenvalue weighted by Gasteiger charge is -2.15. The van der Waals surface area contributed by atoms with Gasteiger partial charge in [-0.1, -0.05) is 36.7 Å². The number of hydrogen-bond acceptors (Lipinski definition) is 2. The fraction of sp³-hybridized carbons (Fsp3) is 0.294. The first kappa shape index (κ1) is 15.8. The number of ether oxygens (including phenoxy) is 1. The van der Waals surface area contributed by atoms with Gasteiger partial charge in [-0.05, 0) is 49.7 Å². The maximum absolute atomic E-state index is 13.6. The van der Waals surface area contributed by atoms with Crippen molar-refractivity contribution in [2.24, 2.45) is 0 Å². The van der Waals surface area contributed by atoms with Crippen molar-refractivity contribution >= 4 is 11.6 Å². The van der Waals surface area contributed by atoms with Crippen LogP contribution in [-0.2, 0) is 0 Å². The molecular weight excluding hydrogens is 289 g/mol. The van der Waals surface area contributed by atoms with Crippen LogP contribution < -0.4 is 10.1 Å². The molecule has 112 valence electrons. The standard InChI is InChI=1S/C17H19ClFNO/c1-3-10-20-12(2)13-8-9-16(14(18)11-13)21-17-7-5-4-6-15(17)19/h4-9,11-12,20H,3,10H2,1-2H3. The Hall–Kier alpha value is -1.58. The van der Waals surface area contributed by atoms with E-state index in [9.17, 15) is 4.39 Å². The normalized spacial score (nSPS) is 12.2. The summed E-state index contributed by atoms with van der Waals surface area (Å²) < 4.78 is 19.1. The van der Waals surface area contributed by atoms with Crippen LogP contribution in [0.5, 0.6) is 11.5 Å². The number of benzene rings is 2. The Bertz CT molecular complexity index is 603. The Morgan fingerprint density at radius 2 is 1.95 bits per heavy atom. The smallest absolute Gasteiger partial charge is 0.165 e. The molecule has 0 amide bonds. The molecule has 0 aliphatic carbocycles. The van der Waals surface area contributed by atoms with Gasteiger partial charge in [-0.3, -0.25) is 0 Å². The van der Waals surface area contributed by atoms with E-state index >= 15 is 0 Å². The molecule has 1 unspecified atom stereocenters. The van der Waals surface area contributed by atoms with Crippen molar-refractivity contribution < 1.29 is 9.13 Å². The van der Waals surface area contributed by atoms with Crippen LogP contribution in [0.25, 0.3) is 0 Å². The summed E-state index contributed by atoms with van der Waals surface area (Å²) in [5, 5.41) is 3.87. The number of para-hydroxylation sites is 1. The quantitative estimate of drug-likeness (QED) is 0.778. The molecule has 2 nitrogen and oxygen atoms in total. The zero-order valence-electron chi connectivity index (χ0n) is 12.2. The molecule has 1 N–H and O–H groups in total. The van der Waals surface area contributed by atoms with Crippen LogP contribution in [-0.4, -0.2) is 6.54 Å². The third kappa shape index (κ3) is 4.19. The van der Waals surface area contributed by atoms with E-state index in [-0.39, 0.29) is 11.8 Å². The molecule has 2 aromatic carbocycles. The summed E-state index contributed by atoms with van der Waals surface area (Å²) in [7, 11) is 0. The van der Waals surface area contributed by atoms with Crippen LogP contribution in [0.2, 0.25) is 5.02 Å². The summed E-state index contributed by atoms with van der Waals surface area (Å²) in [4.78, 5) is 0. The monoisotopic (exact) mass is 307 g/mol. The third-order valence-corrected chi connectivity index (χ3v) is 3.51. The van der Waals surface area contributed by atoms with E-state index in [0.717, 1.165) is 18.5 Å². The molecule has 4 heteroatoms. The number of halogens is 2. The molecule has 2 rings (SSSR count). The molecule has 0 aromatic heterocycles. The summed E-state index contributed by atoms with van der Waals surface area (Å²) >= 11 is 6.23. The van der Waals surface area contributed by atoms with Gasteiger partial charge in [0.15, 0.2) is 11.6 Å². The van der Waals surface area contributed by atoms with Crippen molar-refractivity contribution in [1.82, 2.24) is 5.32 Å². The summed E-state index contributed by atoms with van der Waals surface area (Å²) in [6.07, 6.45) is 1.08. The Morgan fingerprint density at radius 1 is 1.19 bits per heavy atom. The molecule has 0 saturated carbocycles. The summed E-state index contributed by atoms with van der Waals surface area (Å²) in [6, 6.07) is 12.0. The first-order chi connectivity index (χ1) is 10.1. The molecule has 2 aromatic rings. The van der Waals surface area contributed by atoms with Crippen molar-refractivity contribution in [1.29, 1.82) is 0 Å². The fourth-order valence-electron chi connectivity index (χ4n) is 1.99. The van der Waals surface area contributed by atoms with E-state index in [0.29, 0.717) is 10.8 Å². The van der Waals surface area contributed by atoms with Crippen LogP contribution in [0.4, 0.5) is 4.39 Å². The average Bonchev–Trinajstić information content (AvgIpc) is 2.49. The molecule has 0 aliphatic rings. The fourth-order valence-corrected chi connectivity index (χ4v) is 2.22. The lowest BCUT2D eigenvalue weighted by molar-refractivity contribution is 0.442. The van der Waals surface area contributed by atoms with Crippen molar-refractivity contribution in [3.8, 4) is 11.5 Å². The van der Waals surface area contributed by atoms with Gasteiger partial charge in [0.05, 0.1) is 5.02 Å². The average molecular weight is 308 g/mol. The second-order valence-corrected chi connectivity index (χ2v) is 5.31. The van der Waals surface area contributed by atoms with Gasteiger partial charge in [0.1, 0.15) is 5.75 Å². The predicted molar refractivity (Wildman–Crippen MR) is 84.6 cm³/mol. The lowest BCUT2D eigenvalue weighted by Crippen LogP contribution is -2.19. The minimum absolute atomic E-state index is 0.171. The van der Waals surface area contributed by atoms with Gasteiger partial charge in [-0.25, -0.2) is 4.39 Å². The SMILES string of the molecule is CCCNC(C)c1ccc(Oc2ccccc2F)c(Cl)c1. The van der Waals surface area contributed by atoms with Gasteiger partial charge in [0, 0.05) is 6.04 Å². The van der Waals surface area contributed by atoms with E-state index in [1.165, 1.54) is 6.07 Å². The largest absolute Gasteiger partial charge is 0.453 e. The highest BCUT2D eigenvalue weighted by Gasteiger charge is 2.10. The van der Waals surface area contributed by atoms with Gasteiger partial charge in [0.2, 0.25) is 0 Å². The van der Waals surface area contributed by atoms with Gasteiger partial charge >= 0.3 is 0 Å². The Kier molecular flexibility index (Phi) is 5.59. The number of nitrogens with one attached hydrogen (secondary N) is 1. The van der Waals surface area contributed by atoms with Gasteiger partial charge in [-0.2, -0.15) is 0 Å². The highest BCUT2D eigenvalue weighted by atomic mass is 35.5. The highest BCUT2D eigenvalue weighted by molar-refractivity contribution is 6.32. The Labute approximate surface area is 129 Å². The van der Waals surface area contributed by atoms with E-state index in [2.05, 4.69) is 19.2 Å². The Morgan fingerprint density at radius 3 is 2.62 bits per heavy atom. The zero-order valence-corrected chi connectivity index (χ0v) is 13.0. The van der Waals surface area contributed by atoms with Crippen LogP contribution in [0, 0.1) is 5.82 Å². The lowest BCUT2D eigenvalue weighted by atomic mass is 10.1. The second kappa shape index (κ2) is 7.43. The number of rotatable bonds is 6. The van der Waals surface area contributed by atoms with Gasteiger partial charge < -0.3 is 10.1 Å². The van der Waals surface area contributed by atoms with Crippen molar-refractivity contribution in [3.63, 3.8) is 0 Å². The molecule has 0 radical (unpaired) electrons. The minimum atomic E-state index is -0.407. The van der Waals surface area contributed by atoms with Gasteiger partial charge in [0.25, 0.3) is 0 Å².